The molecule has 0 N–H and O–H groups in total. The number of hydrogen-bond donors (Lipinski definition) is 0. The average Bonchev–Trinajstić information content (AvgIpc) is 2.94. The summed E-state index contributed by atoms with van der Waals surface area (Å²) in [5.74, 6) is 1.11. The van der Waals surface area contributed by atoms with Gasteiger partial charge in [0.25, 0.3) is 0 Å². The van der Waals surface area contributed by atoms with Gasteiger partial charge in [-0.1, -0.05) is 16.8 Å². The summed E-state index contributed by atoms with van der Waals surface area (Å²) in [5, 5.41) is 4.33. The van der Waals surface area contributed by atoms with Gasteiger partial charge in [-0.3, -0.25) is 4.90 Å². The van der Waals surface area contributed by atoms with Gasteiger partial charge in [-0.05, 0) is 32.0 Å². The second kappa shape index (κ2) is 7.56. The number of halogens is 1. The summed E-state index contributed by atoms with van der Waals surface area (Å²) in [6.45, 7) is 6.58. The number of hydrogen-bond acceptors (Lipinski definition) is 6. The molecule has 0 aliphatic carbocycles. The number of piperazine rings is 1. The molecule has 7 nitrogen and oxygen atoms in total. The summed E-state index contributed by atoms with van der Waals surface area (Å²) < 4.78 is 37.9. The third-order valence-electron chi connectivity index (χ3n) is 4.64. The Balaban J connectivity index is 1.72. The maximum absolute atomic E-state index is 13.0. The number of rotatable bonds is 5. The highest BCUT2D eigenvalue weighted by Gasteiger charge is 2.31. The molecule has 0 unspecified atom stereocenters. The first-order chi connectivity index (χ1) is 12.3. The van der Waals surface area contributed by atoms with E-state index in [2.05, 4.69) is 10.1 Å². The number of benzene rings is 1. The van der Waals surface area contributed by atoms with Gasteiger partial charge in [0, 0.05) is 43.3 Å². The molecule has 0 radical (unpaired) electrons. The lowest BCUT2D eigenvalue weighted by atomic mass is 10.2. The molecule has 142 valence electrons. The Morgan fingerprint density at radius 1 is 1.23 bits per heavy atom. The zero-order chi connectivity index (χ0) is 18.9. The molecule has 2 aromatic rings. The number of nitrogens with zero attached hydrogens (tertiary/aromatic N) is 3. The normalized spacial score (nSPS) is 16.8. The molecule has 0 atom stereocenters. The van der Waals surface area contributed by atoms with Crippen molar-refractivity contribution in [3.05, 3.63) is 40.2 Å². The van der Waals surface area contributed by atoms with E-state index in [4.69, 9.17) is 20.9 Å². The standard InChI is InChI=1S/C17H22ClN3O4S/c1-12-15(13(2)25-19-12)11-20-6-8-21(9-7-20)26(22,23)17-10-14(18)4-5-16(17)24-3/h4-5,10H,6-9,11H2,1-3H3. The lowest BCUT2D eigenvalue weighted by Crippen LogP contribution is -2.48. The first kappa shape index (κ1) is 19.2. The van der Waals surface area contributed by atoms with Crippen molar-refractivity contribution < 1.29 is 17.7 Å². The van der Waals surface area contributed by atoms with Crippen LogP contribution in [0.2, 0.25) is 5.02 Å². The molecule has 1 aromatic carbocycles. The lowest BCUT2D eigenvalue weighted by Gasteiger charge is -2.34. The van der Waals surface area contributed by atoms with E-state index in [1.54, 1.807) is 12.1 Å². The van der Waals surface area contributed by atoms with Gasteiger partial charge < -0.3 is 9.26 Å². The van der Waals surface area contributed by atoms with Crippen molar-refractivity contribution in [2.24, 2.45) is 0 Å². The van der Waals surface area contributed by atoms with Crippen LogP contribution in [0.15, 0.2) is 27.6 Å². The van der Waals surface area contributed by atoms with Crippen LogP contribution in [-0.2, 0) is 16.6 Å². The van der Waals surface area contributed by atoms with Crippen LogP contribution < -0.4 is 4.74 Å². The Hall–Kier alpha value is -1.61. The van der Waals surface area contributed by atoms with Gasteiger partial charge in [-0.2, -0.15) is 4.31 Å². The summed E-state index contributed by atoms with van der Waals surface area (Å²) in [7, 11) is -2.21. The fourth-order valence-corrected chi connectivity index (χ4v) is 4.91. The molecule has 1 saturated heterocycles. The van der Waals surface area contributed by atoms with Gasteiger partial charge in [0.15, 0.2) is 0 Å². The second-order valence-electron chi connectivity index (χ2n) is 6.28. The fourth-order valence-electron chi connectivity index (χ4n) is 3.07. The molecule has 3 rings (SSSR count). The second-order valence-corrected chi connectivity index (χ2v) is 8.62. The largest absolute Gasteiger partial charge is 0.495 e. The van der Waals surface area contributed by atoms with E-state index in [1.807, 2.05) is 13.8 Å². The van der Waals surface area contributed by atoms with E-state index in [0.717, 1.165) is 17.0 Å². The van der Waals surface area contributed by atoms with Crippen molar-refractivity contribution in [2.45, 2.75) is 25.3 Å². The molecular formula is C17H22ClN3O4S. The van der Waals surface area contributed by atoms with Gasteiger partial charge in [0.1, 0.15) is 16.4 Å². The summed E-state index contributed by atoms with van der Waals surface area (Å²) in [4.78, 5) is 2.31. The predicted molar refractivity (Wildman–Crippen MR) is 98.0 cm³/mol. The minimum absolute atomic E-state index is 0.103. The zero-order valence-corrected chi connectivity index (χ0v) is 16.6. The molecule has 1 aliphatic heterocycles. The first-order valence-electron chi connectivity index (χ1n) is 8.30. The number of ether oxygens (including phenoxy) is 1. The van der Waals surface area contributed by atoms with Gasteiger partial charge >= 0.3 is 0 Å². The Bertz CT molecular complexity index is 870. The quantitative estimate of drug-likeness (QED) is 0.768. The highest BCUT2D eigenvalue weighted by Crippen LogP contribution is 2.30. The van der Waals surface area contributed by atoms with Crippen molar-refractivity contribution in [2.75, 3.05) is 33.3 Å². The number of methoxy groups -OCH3 is 1. The number of aromatic nitrogens is 1. The lowest BCUT2D eigenvalue weighted by molar-refractivity contribution is 0.180. The van der Waals surface area contributed by atoms with Crippen LogP contribution in [0.5, 0.6) is 5.75 Å². The maximum atomic E-state index is 13.0. The van der Waals surface area contributed by atoms with E-state index >= 15 is 0 Å². The van der Waals surface area contributed by atoms with Crippen LogP contribution in [0.1, 0.15) is 17.0 Å². The SMILES string of the molecule is COc1ccc(Cl)cc1S(=O)(=O)N1CCN(Cc2c(C)noc2C)CC1. The van der Waals surface area contributed by atoms with E-state index in [1.165, 1.54) is 17.5 Å². The molecule has 9 heteroatoms. The molecule has 0 saturated carbocycles. The topological polar surface area (TPSA) is 75.9 Å². The Kier molecular flexibility index (Phi) is 5.57. The molecule has 2 heterocycles. The summed E-state index contributed by atoms with van der Waals surface area (Å²) in [6.07, 6.45) is 0. The molecule has 0 amide bonds. The Morgan fingerprint density at radius 2 is 1.92 bits per heavy atom. The van der Waals surface area contributed by atoms with Crippen LogP contribution in [0.25, 0.3) is 0 Å². The summed E-state index contributed by atoms with van der Waals surface area (Å²) >= 11 is 5.99. The van der Waals surface area contributed by atoms with E-state index < -0.39 is 10.0 Å². The average molecular weight is 400 g/mol. The highest BCUT2D eigenvalue weighted by atomic mass is 35.5. The molecule has 26 heavy (non-hydrogen) atoms. The molecule has 1 fully saturated rings. The van der Waals surface area contributed by atoms with Crippen molar-refractivity contribution in [1.29, 1.82) is 0 Å². The van der Waals surface area contributed by atoms with E-state index in [-0.39, 0.29) is 4.90 Å². The van der Waals surface area contributed by atoms with E-state index in [0.29, 0.717) is 43.5 Å². The monoisotopic (exact) mass is 399 g/mol. The molecular weight excluding hydrogens is 378 g/mol. The van der Waals surface area contributed by atoms with Crippen molar-refractivity contribution in [3.8, 4) is 5.75 Å². The predicted octanol–water partition coefficient (Wildman–Crippen LogP) is 2.46. The van der Waals surface area contributed by atoms with Crippen LogP contribution in [0, 0.1) is 13.8 Å². The highest BCUT2D eigenvalue weighted by molar-refractivity contribution is 7.89. The maximum Gasteiger partial charge on any atom is 0.246 e. The van der Waals surface area contributed by atoms with Crippen LogP contribution >= 0.6 is 11.6 Å². The molecule has 0 spiro atoms. The van der Waals surface area contributed by atoms with Crippen molar-refractivity contribution in [1.82, 2.24) is 14.4 Å². The van der Waals surface area contributed by atoms with E-state index in [9.17, 15) is 8.42 Å². The number of sulfonamides is 1. The van der Waals surface area contributed by atoms with Gasteiger partial charge in [-0.15, -0.1) is 0 Å². The molecule has 1 aromatic heterocycles. The minimum atomic E-state index is -3.66. The molecule has 0 bridgehead atoms. The summed E-state index contributed by atoms with van der Waals surface area (Å²) in [6, 6.07) is 4.62. The van der Waals surface area contributed by atoms with Crippen molar-refractivity contribution >= 4 is 21.6 Å². The zero-order valence-electron chi connectivity index (χ0n) is 15.0. The molecule has 1 aliphatic rings. The van der Waals surface area contributed by atoms with Gasteiger partial charge in [0.2, 0.25) is 10.0 Å². The van der Waals surface area contributed by atoms with Gasteiger partial charge in [-0.25, -0.2) is 8.42 Å². The minimum Gasteiger partial charge on any atom is -0.495 e. The van der Waals surface area contributed by atoms with Crippen LogP contribution in [0.3, 0.4) is 0 Å². The third-order valence-corrected chi connectivity index (χ3v) is 6.79. The third kappa shape index (κ3) is 3.73. The van der Waals surface area contributed by atoms with Crippen LogP contribution in [0.4, 0.5) is 0 Å². The summed E-state index contributed by atoms with van der Waals surface area (Å²) in [5.41, 5.74) is 1.94. The Morgan fingerprint density at radius 3 is 2.50 bits per heavy atom. The fraction of sp³-hybridized carbons (Fsp3) is 0.471. The van der Waals surface area contributed by atoms with Gasteiger partial charge in [0.05, 0.1) is 12.8 Å². The van der Waals surface area contributed by atoms with Crippen LogP contribution in [-0.4, -0.2) is 56.1 Å². The Labute approximate surface area is 158 Å². The van der Waals surface area contributed by atoms with Crippen molar-refractivity contribution in [3.63, 3.8) is 0 Å². The number of aryl methyl sites for hydroxylation is 2. The first-order valence-corrected chi connectivity index (χ1v) is 10.1. The smallest absolute Gasteiger partial charge is 0.246 e.